The number of fused-ring (bicyclic) bond motifs is 1. The zero-order valence-electron chi connectivity index (χ0n) is 14.5. The summed E-state index contributed by atoms with van der Waals surface area (Å²) >= 11 is 0. The van der Waals surface area contributed by atoms with Crippen molar-refractivity contribution in [2.24, 2.45) is 0 Å². The highest BCUT2D eigenvalue weighted by Crippen LogP contribution is 2.28. The number of pyridine rings is 1. The van der Waals surface area contributed by atoms with Crippen molar-refractivity contribution in [3.05, 3.63) is 74.7 Å². The number of hydrogen-bond donors (Lipinski definition) is 1. The fourth-order valence-corrected chi connectivity index (χ4v) is 2.98. The SMILES string of the molecule is O=c1c([N+](=O)[O-])c(NCc2ccccc2OC2CCC2)nc2ccccn12. The third-order valence-corrected chi connectivity index (χ3v) is 4.66. The summed E-state index contributed by atoms with van der Waals surface area (Å²) in [5.74, 6) is 0.699. The van der Waals surface area contributed by atoms with Crippen LogP contribution in [0.5, 0.6) is 5.75 Å². The molecular formula is C19H18N4O4. The molecule has 1 saturated carbocycles. The van der Waals surface area contributed by atoms with Gasteiger partial charge in [-0.2, -0.15) is 0 Å². The summed E-state index contributed by atoms with van der Waals surface area (Å²) in [5, 5.41) is 14.4. The molecular weight excluding hydrogens is 348 g/mol. The van der Waals surface area contributed by atoms with Gasteiger partial charge < -0.3 is 10.1 Å². The van der Waals surface area contributed by atoms with Gasteiger partial charge in [0.2, 0.25) is 5.82 Å². The Labute approximate surface area is 154 Å². The predicted octanol–water partition coefficient (Wildman–Crippen LogP) is 3.15. The Hall–Kier alpha value is -3.42. The van der Waals surface area contributed by atoms with Crippen LogP contribution in [-0.4, -0.2) is 20.4 Å². The highest BCUT2D eigenvalue weighted by molar-refractivity contribution is 5.60. The quantitative estimate of drug-likeness (QED) is 0.531. The van der Waals surface area contributed by atoms with Gasteiger partial charge in [0.05, 0.1) is 11.0 Å². The van der Waals surface area contributed by atoms with Crippen LogP contribution >= 0.6 is 0 Å². The molecule has 2 heterocycles. The molecule has 1 fully saturated rings. The zero-order valence-corrected chi connectivity index (χ0v) is 14.5. The third-order valence-electron chi connectivity index (χ3n) is 4.66. The van der Waals surface area contributed by atoms with Gasteiger partial charge in [-0.25, -0.2) is 4.98 Å². The molecule has 8 nitrogen and oxygen atoms in total. The van der Waals surface area contributed by atoms with E-state index in [-0.39, 0.29) is 18.5 Å². The van der Waals surface area contributed by atoms with Gasteiger partial charge in [-0.3, -0.25) is 19.3 Å². The van der Waals surface area contributed by atoms with Crippen molar-refractivity contribution >= 4 is 17.2 Å². The summed E-state index contributed by atoms with van der Waals surface area (Å²) in [4.78, 5) is 27.5. The van der Waals surface area contributed by atoms with E-state index in [1.165, 1.54) is 12.6 Å². The number of hydrogen-bond acceptors (Lipinski definition) is 6. The molecule has 27 heavy (non-hydrogen) atoms. The molecule has 1 aromatic carbocycles. The number of benzene rings is 1. The van der Waals surface area contributed by atoms with E-state index in [1.54, 1.807) is 18.2 Å². The molecule has 0 atom stereocenters. The van der Waals surface area contributed by atoms with Crippen LogP contribution < -0.4 is 15.6 Å². The maximum Gasteiger partial charge on any atom is 0.376 e. The number of anilines is 1. The van der Waals surface area contributed by atoms with Gasteiger partial charge in [0.15, 0.2) is 0 Å². The average Bonchev–Trinajstić information content (AvgIpc) is 2.63. The van der Waals surface area contributed by atoms with Gasteiger partial charge >= 0.3 is 11.2 Å². The van der Waals surface area contributed by atoms with Gasteiger partial charge in [-0.05, 0) is 37.5 Å². The molecule has 1 aliphatic carbocycles. The minimum atomic E-state index is -0.716. The minimum Gasteiger partial charge on any atom is -0.490 e. The van der Waals surface area contributed by atoms with E-state index in [0.29, 0.717) is 5.65 Å². The van der Waals surface area contributed by atoms with E-state index in [0.717, 1.165) is 28.6 Å². The summed E-state index contributed by atoms with van der Waals surface area (Å²) in [6, 6.07) is 12.5. The van der Waals surface area contributed by atoms with Crippen molar-refractivity contribution in [3.63, 3.8) is 0 Å². The third kappa shape index (κ3) is 3.33. The van der Waals surface area contributed by atoms with Crippen molar-refractivity contribution in [2.45, 2.75) is 31.9 Å². The largest absolute Gasteiger partial charge is 0.490 e. The molecule has 8 heteroatoms. The Kier molecular flexibility index (Phi) is 4.45. The molecule has 2 aromatic heterocycles. The highest BCUT2D eigenvalue weighted by atomic mass is 16.6. The number of nitrogens with zero attached hydrogens (tertiary/aromatic N) is 3. The first-order chi connectivity index (χ1) is 13.1. The summed E-state index contributed by atoms with van der Waals surface area (Å²) < 4.78 is 7.15. The van der Waals surface area contributed by atoms with Gasteiger partial charge in [-0.15, -0.1) is 0 Å². The summed E-state index contributed by atoms with van der Waals surface area (Å²) in [6.07, 6.45) is 4.93. The van der Waals surface area contributed by atoms with Crippen LogP contribution in [0, 0.1) is 10.1 Å². The smallest absolute Gasteiger partial charge is 0.376 e. The fourth-order valence-electron chi connectivity index (χ4n) is 2.98. The first-order valence-electron chi connectivity index (χ1n) is 8.77. The molecule has 0 amide bonds. The van der Waals surface area contributed by atoms with E-state index in [4.69, 9.17) is 4.74 Å². The normalized spacial score (nSPS) is 13.9. The second-order valence-electron chi connectivity index (χ2n) is 6.43. The molecule has 138 valence electrons. The predicted molar refractivity (Wildman–Crippen MR) is 100 cm³/mol. The van der Waals surface area contributed by atoms with Crippen LogP contribution in [0.4, 0.5) is 11.5 Å². The molecule has 1 N–H and O–H groups in total. The van der Waals surface area contributed by atoms with Crippen LogP contribution in [-0.2, 0) is 6.54 Å². The first kappa shape index (κ1) is 17.0. The number of rotatable bonds is 6. The van der Waals surface area contributed by atoms with E-state index < -0.39 is 16.2 Å². The van der Waals surface area contributed by atoms with Gasteiger partial charge in [-0.1, -0.05) is 24.3 Å². The van der Waals surface area contributed by atoms with Crippen LogP contribution in [0.25, 0.3) is 5.65 Å². The molecule has 0 unspecified atom stereocenters. The van der Waals surface area contributed by atoms with Crippen LogP contribution in [0.3, 0.4) is 0 Å². The average molecular weight is 366 g/mol. The summed E-state index contributed by atoms with van der Waals surface area (Å²) in [6.45, 7) is 0.263. The van der Waals surface area contributed by atoms with Crippen molar-refractivity contribution in [1.29, 1.82) is 0 Å². The fraction of sp³-hybridized carbons (Fsp3) is 0.263. The maximum absolute atomic E-state index is 12.5. The monoisotopic (exact) mass is 366 g/mol. The van der Waals surface area contributed by atoms with Crippen LogP contribution in [0.15, 0.2) is 53.5 Å². The van der Waals surface area contributed by atoms with E-state index in [2.05, 4.69) is 10.3 Å². The Morgan fingerprint density at radius 2 is 2.00 bits per heavy atom. The van der Waals surface area contributed by atoms with E-state index in [9.17, 15) is 14.9 Å². The molecule has 4 rings (SSSR count). The molecule has 0 saturated heterocycles. The van der Waals surface area contributed by atoms with Crippen molar-refractivity contribution in [2.75, 3.05) is 5.32 Å². The lowest BCUT2D eigenvalue weighted by Gasteiger charge is -2.27. The van der Waals surface area contributed by atoms with Crippen LogP contribution in [0.1, 0.15) is 24.8 Å². The second-order valence-corrected chi connectivity index (χ2v) is 6.43. The first-order valence-corrected chi connectivity index (χ1v) is 8.77. The second kappa shape index (κ2) is 7.06. The summed E-state index contributed by atoms with van der Waals surface area (Å²) in [7, 11) is 0. The molecule has 0 aliphatic heterocycles. The van der Waals surface area contributed by atoms with E-state index in [1.807, 2.05) is 24.3 Å². The Bertz CT molecular complexity index is 1060. The lowest BCUT2D eigenvalue weighted by Crippen LogP contribution is -2.25. The minimum absolute atomic E-state index is 0.0466. The highest BCUT2D eigenvalue weighted by Gasteiger charge is 2.24. The molecule has 0 bridgehead atoms. The number of ether oxygens (including phenoxy) is 1. The molecule has 1 aliphatic rings. The topological polar surface area (TPSA) is 98.8 Å². The molecule has 3 aromatic rings. The molecule has 0 spiro atoms. The number of nitro groups is 1. The standard InChI is InChI=1S/C19H18N4O4/c24-19-17(23(25)26)18(21-16-10-3-4-11-22(16)19)20-12-13-6-1-2-9-15(13)27-14-7-5-8-14/h1-4,6,9-11,14,20H,5,7-8,12H2. The van der Waals surface area contributed by atoms with Gasteiger partial charge in [0, 0.05) is 18.3 Å². The number of para-hydroxylation sites is 1. The molecule has 0 radical (unpaired) electrons. The van der Waals surface area contributed by atoms with Crippen LogP contribution in [0.2, 0.25) is 0 Å². The van der Waals surface area contributed by atoms with Gasteiger partial charge in [0.25, 0.3) is 0 Å². The van der Waals surface area contributed by atoms with E-state index >= 15 is 0 Å². The van der Waals surface area contributed by atoms with Gasteiger partial charge in [0.1, 0.15) is 11.4 Å². The maximum atomic E-state index is 12.5. The Balaban J connectivity index is 1.65. The van der Waals surface area contributed by atoms with Crippen molar-refractivity contribution in [1.82, 2.24) is 9.38 Å². The zero-order chi connectivity index (χ0) is 18.8. The van der Waals surface area contributed by atoms with Crippen molar-refractivity contribution in [3.8, 4) is 5.75 Å². The number of nitrogens with one attached hydrogen (secondary N) is 1. The lowest BCUT2D eigenvalue weighted by atomic mass is 9.96. The Morgan fingerprint density at radius 3 is 2.74 bits per heavy atom. The summed E-state index contributed by atoms with van der Waals surface area (Å²) in [5.41, 5.74) is -0.0912. The Morgan fingerprint density at radius 1 is 1.22 bits per heavy atom. The number of aromatic nitrogens is 2. The lowest BCUT2D eigenvalue weighted by molar-refractivity contribution is -0.385. The van der Waals surface area contributed by atoms with Crippen molar-refractivity contribution < 1.29 is 9.66 Å².